The lowest BCUT2D eigenvalue weighted by Gasteiger charge is -2.31. The van der Waals surface area contributed by atoms with Crippen LogP contribution in [0.3, 0.4) is 0 Å². The molecule has 0 radical (unpaired) electrons. The first-order chi connectivity index (χ1) is 16.1. The molecule has 4 rings (SSSR count). The molecule has 172 valence electrons. The Morgan fingerprint density at radius 1 is 1.06 bits per heavy atom. The van der Waals surface area contributed by atoms with Crippen LogP contribution in [0.15, 0.2) is 48.5 Å². The number of methoxy groups -OCH3 is 2. The molecule has 0 bridgehead atoms. The minimum Gasteiger partial charge on any atom is -0.497 e. The molecule has 1 aliphatic heterocycles. The molecule has 3 amide bonds. The topological polar surface area (TPSA) is 106 Å². The first-order valence-electron chi connectivity index (χ1n) is 10.5. The Morgan fingerprint density at radius 3 is 2.64 bits per heavy atom. The molecule has 1 aromatic heterocycles. The Bertz CT molecular complexity index is 1120. The van der Waals surface area contributed by atoms with Crippen LogP contribution in [-0.4, -0.2) is 54.3 Å². The van der Waals surface area contributed by atoms with Gasteiger partial charge < -0.3 is 25.0 Å². The summed E-state index contributed by atoms with van der Waals surface area (Å²) >= 11 is 1.27. The second kappa shape index (κ2) is 10.3. The molecular weight excluding hydrogens is 442 g/mol. The molecule has 1 aliphatic rings. The summed E-state index contributed by atoms with van der Waals surface area (Å²) in [5.41, 5.74) is 1.24. The van der Waals surface area contributed by atoms with Gasteiger partial charge in [-0.2, -0.15) is 0 Å². The smallest absolute Gasteiger partial charge is 0.321 e. The minimum atomic E-state index is -0.291. The maximum atomic E-state index is 13.0. The molecule has 10 heteroatoms. The number of hydrogen-bond donors (Lipinski definition) is 2. The maximum absolute atomic E-state index is 13.0. The van der Waals surface area contributed by atoms with Crippen LogP contribution in [0.4, 0.5) is 16.2 Å². The number of carbonyl (C=O) groups is 2. The number of para-hydroxylation sites is 1. The van der Waals surface area contributed by atoms with E-state index in [-0.39, 0.29) is 17.9 Å². The number of likely N-dealkylation sites (tertiary alicyclic amines) is 1. The molecule has 0 spiro atoms. The lowest BCUT2D eigenvalue weighted by atomic mass is 9.99. The van der Waals surface area contributed by atoms with Gasteiger partial charge in [-0.3, -0.25) is 4.79 Å². The second-order valence-electron chi connectivity index (χ2n) is 7.55. The molecule has 2 heterocycles. The van der Waals surface area contributed by atoms with Gasteiger partial charge in [-0.05, 0) is 37.1 Å². The molecule has 3 aromatic rings. The predicted octanol–water partition coefficient (Wildman–Crippen LogP) is 4.22. The Balaban J connectivity index is 1.41. The number of urea groups is 1. The largest absolute Gasteiger partial charge is 0.497 e. The third-order valence-corrected chi connectivity index (χ3v) is 6.46. The first kappa shape index (κ1) is 22.5. The molecule has 0 unspecified atom stereocenters. The van der Waals surface area contributed by atoms with Gasteiger partial charge in [0.2, 0.25) is 5.01 Å². The monoisotopic (exact) mass is 467 g/mol. The highest BCUT2D eigenvalue weighted by atomic mass is 32.1. The fraction of sp³-hybridized carbons (Fsp3) is 0.304. The highest BCUT2D eigenvalue weighted by Crippen LogP contribution is 2.32. The molecule has 1 fully saturated rings. The van der Waals surface area contributed by atoms with Crippen molar-refractivity contribution in [2.24, 2.45) is 0 Å². The van der Waals surface area contributed by atoms with Crippen LogP contribution in [0.5, 0.6) is 11.5 Å². The SMILES string of the molecule is COc1ccc(OC)c(NC(=O)N2CCC[C@@H](c3nnc(C(=O)Nc4ccccc4)s3)C2)c1. The van der Waals surface area contributed by atoms with Crippen molar-refractivity contribution < 1.29 is 19.1 Å². The van der Waals surface area contributed by atoms with Gasteiger partial charge in [-0.25, -0.2) is 4.79 Å². The van der Waals surface area contributed by atoms with E-state index in [1.807, 2.05) is 30.3 Å². The third-order valence-electron chi connectivity index (χ3n) is 5.37. The number of anilines is 2. The summed E-state index contributed by atoms with van der Waals surface area (Å²) in [6.07, 6.45) is 1.71. The number of nitrogens with zero attached hydrogens (tertiary/aromatic N) is 3. The van der Waals surface area contributed by atoms with E-state index in [2.05, 4.69) is 20.8 Å². The zero-order valence-electron chi connectivity index (χ0n) is 18.4. The lowest BCUT2D eigenvalue weighted by molar-refractivity contribution is 0.102. The predicted molar refractivity (Wildman–Crippen MR) is 126 cm³/mol. The number of carbonyl (C=O) groups excluding carboxylic acids is 2. The summed E-state index contributed by atoms with van der Waals surface area (Å²) in [5.74, 6) is 0.904. The van der Waals surface area contributed by atoms with Crippen molar-refractivity contribution in [1.82, 2.24) is 15.1 Å². The first-order valence-corrected chi connectivity index (χ1v) is 11.4. The molecule has 9 nitrogen and oxygen atoms in total. The van der Waals surface area contributed by atoms with Gasteiger partial charge in [0.25, 0.3) is 5.91 Å². The molecule has 0 aliphatic carbocycles. The van der Waals surface area contributed by atoms with Crippen LogP contribution < -0.4 is 20.1 Å². The Labute approximate surface area is 195 Å². The van der Waals surface area contributed by atoms with Crippen molar-refractivity contribution in [3.8, 4) is 11.5 Å². The fourth-order valence-corrected chi connectivity index (χ4v) is 4.53. The summed E-state index contributed by atoms with van der Waals surface area (Å²) in [6, 6.07) is 14.2. The molecule has 2 aromatic carbocycles. The van der Waals surface area contributed by atoms with Gasteiger partial charge in [0.1, 0.15) is 16.5 Å². The number of aromatic nitrogens is 2. The van der Waals surface area contributed by atoms with Gasteiger partial charge in [0, 0.05) is 30.8 Å². The van der Waals surface area contributed by atoms with E-state index in [0.29, 0.717) is 41.0 Å². The van der Waals surface area contributed by atoms with Gasteiger partial charge in [0.05, 0.1) is 19.9 Å². The van der Waals surface area contributed by atoms with Crippen LogP contribution in [0.1, 0.15) is 33.6 Å². The van der Waals surface area contributed by atoms with Crippen molar-refractivity contribution in [1.29, 1.82) is 0 Å². The lowest BCUT2D eigenvalue weighted by Crippen LogP contribution is -2.41. The van der Waals surface area contributed by atoms with E-state index in [1.54, 1.807) is 37.3 Å². The van der Waals surface area contributed by atoms with Crippen LogP contribution in [0, 0.1) is 0 Å². The zero-order chi connectivity index (χ0) is 23.2. The standard InChI is InChI=1S/C23H25N5O4S/c1-31-17-10-11-19(32-2)18(13-17)25-23(30)28-12-6-7-15(14-28)21-26-27-22(33-21)20(29)24-16-8-4-3-5-9-16/h3-5,8-11,13,15H,6-7,12,14H2,1-2H3,(H,24,29)(H,25,30)/t15-/m1/s1. The van der Waals surface area contributed by atoms with Crippen molar-refractivity contribution in [3.63, 3.8) is 0 Å². The number of benzene rings is 2. The van der Waals surface area contributed by atoms with E-state index in [0.717, 1.165) is 17.8 Å². The van der Waals surface area contributed by atoms with Crippen LogP contribution >= 0.6 is 11.3 Å². The molecular formula is C23H25N5O4S. The number of ether oxygens (including phenoxy) is 2. The highest BCUT2D eigenvalue weighted by Gasteiger charge is 2.28. The van der Waals surface area contributed by atoms with Crippen LogP contribution in [0.25, 0.3) is 0 Å². The average Bonchev–Trinajstić information content (AvgIpc) is 3.35. The van der Waals surface area contributed by atoms with Gasteiger partial charge >= 0.3 is 6.03 Å². The summed E-state index contributed by atoms with van der Waals surface area (Å²) in [7, 11) is 3.12. The van der Waals surface area contributed by atoms with Crippen molar-refractivity contribution >= 4 is 34.6 Å². The van der Waals surface area contributed by atoms with E-state index in [9.17, 15) is 9.59 Å². The van der Waals surface area contributed by atoms with E-state index in [1.165, 1.54) is 11.3 Å². The normalized spacial score (nSPS) is 15.6. The van der Waals surface area contributed by atoms with Crippen LogP contribution in [0.2, 0.25) is 0 Å². The highest BCUT2D eigenvalue weighted by molar-refractivity contribution is 7.13. The van der Waals surface area contributed by atoms with E-state index in [4.69, 9.17) is 9.47 Å². The van der Waals surface area contributed by atoms with Crippen LogP contribution in [-0.2, 0) is 0 Å². The number of piperidine rings is 1. The molecule has 2 N–H and O–H groups in total. The third kappa shape index (κ3) is 5.40. The van der Waals surface area contributed by atoms with Crippen molar-refractivity contribution in [2.75, 3.05) is 37.9 Å². The van der Waals surface area contributed by atoms with Gasteiger partial charge in [0.15, 0.2) is 0 Å². The zero-order valence-corrected chi connectivity index (χ0v) is 19.2. The summed E-state index contributed by atoms with van der Waals surface area (Å²) < 4.78 is 10.6. The second-order valence-corrected chi connectivity index (χ2v) is 8.56. The summed E-state index contributed by atoms with van der Waals surface area (Å²) in [4.78, 5) is 27.2. The number of amides is 3. The Kier molecular flexibility index (Phi) is 7.04. The maximum Gasteiger partial charge on any atom is 0.321 e. The Hall–Kier alpha value is -3.66. The van der Waals surface area contributed by atoms with E-state index < -0.39 is 0 Å². The van der Waals surface area contributed by atoms with Gasteiger partial charge in [-0.1, -0.05) is 29.5 Å². The molecule has 0 saturated carbocycles. The van der Waals surface area contributed by atoms with Crippen molar-refractivity contribution in [2.45, 2.75) is 18.8 Å². The number of rotatable bonds is 6. The summed E-state index contributed by atoms with van der Waals surface area (Å²) in [6.45, 7) is 1.13. The number of hydrogen-bond acceptors (Lipinski definition) is 7. The average molecular weight is 468 g/mol. The quantitative estimate of drug-likeness (QED) is 0.562. The number of nitrogens with one attached hydrogen (secondary N) is 2. The minimum absolute atomic E-state index is 0.0208. The fourth-order valence-electron chi connectivity index (χ4n) is 3.67. The molecule has 1 atom stereocenters. The molecule has 1 saturated heterocycles. The Morgan fingerprint density at radius 2 is 1.88 bits per heavy atom. The van der Waals surface area contributed by atoms with Gasteiger partial charge in [-0.15, -0.1) is 10.2 Å². The summed E-state index contributed by atoms with van der Waals surface area (Å²) in [5, 5.41) is 15.1. The van der Waals surface area contributed by atoms with Crippen molar-refractivity contribution in [3.05, 3.63) is 58.5 Å². The van der Waals surface area contributed by atoms with E-state index >= 15 is 0 Å². The molecule has 33 heavy (non-hydrogen) atoms.